The van der Waals surface area contributed by atoms with Gasteiger partial charge in [-0.2, -0.15) is 0 Å². The molecule has 1 aromatic heterocycles. The third-order valence-electron chi connectivity index (χ3n) is 5.15. The number of Topliss-reactive ketones (excluding diaryl/α,β-unsaturated/α-hetero) is 1. The first-order valence-corrected chi connectivity index (χ1v) is 10.5. The summed E-state index contributed by atoms with van der Waals surface area (Å²) in [6, 6.07) is 21.3. The number of carboxylic acids is 1. The molecular weight excluding hydrogens is 406 g/mol. The van der Waals surface area contributed by atoms with Crippen LogP contribution in [0.25, 0.3) is 17.5 Å². The lowest BCUT2D eigenvalue weighted by Crippen LogP contribution is -2.19. The molecule has 0 saturated heterocycles. The molecule has 0 spiro atoms. The molecule has 0 radical (unpaired) electrons. The number of carboxylic acid groups (broad SMARTS) is 1. The van der Waals surface area contributed by atoms with Crippen molar-refractivity contribution in [1.82, 2.24) is 4.57 Å². The molecule has 3 aromatic rings. The number of aliphatic carboxylic acids is 1. The maximum absolute atomic E-state index is 12.5. The van der Waals surface area contributed by atoms with Crippen molar-refractivity contribution in [2.75, 3.05) is 0 Å². The summed E-state index contributed by atoms with van der Waals surface area (Å²) in [6.07, 6.45) is 1.05. The molecule has 6 nitrogen and oxygen atoms in total. The number of ketones is 1. The first-order chi connectivity index (χ1) is 15.3. The lowest BCUT2D eigenvalue weighted by molar-refractivity contribution is -0.139. The van der Waals surface area contributed by atoms with Gasteiger partial charge in [0, 0.05) is 30.3 Å². The highest BCUT2D eigenvalue weighted by atomic mass is 16.4. The molecule has 6 heteroatoms. The van der Waals surface area contributed by atoms with Crippen LogP contribution < -0.4 is 0 Å². The van der Waals surface area contributed by atoms with E-state index in [1.54, 1.807) is 6.20 Å². The van der Waals surface area contributed by atoms with Gasteiger partial charge in [-0.25, -0.2) is 0 Å². The molecule has 0 amide bonds. The Morgan fingerprint density at radius 1 is 1.00 bits per heavy atom. The summed E-state index contributed by atoms with van der Waals surface area (Å²) in [6.45, 7) is 1.53. The number of hydrogen-bond acceptors (Lipinski definition) is 4. The van der Waals surface area contributed by atoms with Crippen LogP contribution in [0.4, 0.5) is 0 Å². The van der Waals surface area contributed by atoms with Gasteiger partial charge in [0.2, 0.25) is 0 Å². The van der Waals surface area contributed by atoms with Gasteiger partial charge in [0.05, 0.1) is 24.3 Å². The van der Waals surface area contributed by atoms with Crippen LogP contribution in [0.1, 0.15) is 41.4 Å². The van der Waals surface area contributed by atoms with Crippen LogP contribution in [0.2, 0.25) is 0 Å². The predicted molar refractivity (Wildman–Crippen MR) is 123 cm³/mol. The van der Waals surface area contributed by atoms with Gasteiger partial charge in [0.25, 0.3) is 0 Å². The number of nitrogens with zero attached hydrogens (tertiary/aromatic N) is 1. The second-order valence-electron chi connectivity index (χ2n) is 7.75. The zero-order chi connectivity index (χ0) is 23.1. The van der Waals surface area contributed by atoms with E-state index in [1.807, 2.05) is 71.3 Å². The van der Waals surface area contributed by atoms with Gasteiger partial charge < -0.3 is 19.9 Å². The number of aliphatic hydroxyl groups is 2. The Hall–Kier alpha value is -3.48. The summed E-state index contributed by atoms with van der Waals surface area (Å²) in [4.78, 5) is 23.2. The number of benzene rings is 2. The van der Waals surface area contributed by atoms with Crippen LogP contribution in [0.5, 0.6) is 0 Å². The van der Waals surface area contributed by atoms with E-state index in [-0.39, 0.29) is 12.2 Å². The molecule has 0 unspecified atom stereocenters. The molecule has 0 fully saturated rings. The van der Waals surface area contributed by atoms with Crippen molar-refractivity contribution in [3.8, 4) is 11.3 Å². The summed E-state index contributed by atoms with van der Waals surface area (Å²) in [5.74, 6) is -1.19. The zero-order valence-corrected chi connectivity index (χ0v) is 17.9. The molecule has 0 bridgehead atoms. The SMILES string of the molecule is CC(=O)c1cc(Cc2ccccc2)n(/C=C/[C@@H](O)C[C@@H](O)CC(=O)O)c1-c1ccccc1. The van der Waals surface area contributed by atoms with Crippen LogP contribution in [-0.2, 0) is 11.2 Å². The minimum absolute atomic E-state index is 0.0669. The second-order valence-corrected chi connectivity index (χ2v) is 7.75. The first-order valence-electron chi connectivity index (χ1n) is 10.5. The van der Waals surface area contributed by atoms with E-state index in [9.17, 15) is 19.8 Å². The normalized spacial score (nSPS) is 13.2. The van der Waals surface area contributed by atoms with Crippen molar-refractivity contribution in [2.45, 2.75) is 38.4 Å². The molecule has 2 aromatic carbocycles. The van der Waals surface area contributed by atoms with Crippen LogP contribution in [0.3, 0.4) is 0 Å². The van der Waals surface area contributed by atoms with Crippen molar-refractivity contribution in [3.63, 3.8) is 0 Å². The minimum Gasteiger partial charge on any atom is -0.481 e. The quantitative estimate of drug-likeness (QED) is 0.420. The van der Waals surface area contributed by atoms with Crippen LogP contribution in [0, 0.1) is 0 Å². The number of carbonyl (C=O) groups excluding carboxylic acids is 1. The van der Waals surface area contributed by atoms with Crippen molar-refractivity contribution < 1.29 is 24.9 Å². The standard InChI is InChI=1S/C26H27NO5/c1-18(28)24-15-21(14-19-8-4-2-5-9-19)27(26(24)20-10-6-3-7-11-20)13-12-22(29)16-23(30)17-25(31)32/h2-13,15,22-23,29-30H,14,16-17H2,1H3,(H,31,32)/b13-12+/t22-,23-/m1/s1. The maximum Gasteiger partial charge on any atom is 0.305 e. The van der Waals surface area contributed by atoms with Gasteiger partial charge in [-0.15, -0.1) is 0 Å². The van der Waals surface area contributed by atoms with E-state index < -0.39 is 24.6 Å². The molecule has 1 heterocycles. The average Bonchev–Trinajstić information content (AvgIpc) is 3.11. The van der Waals surface area contributed by atoms with Crippen molar-refractivity contribution >= 4 is 18.0 Å². The number of aliphatic hydroxyl groups excluding tert-OH is 2. The Morgan fingerprint density at radius 3 is 2.22 bits per heavy atom. The molecule has 0 saturated carbocycles. The number of carbonyl (C=O) groups is 2. The number of rotatable bonds is 10. The van der Waals surface area contributed by atoms with E-state index in [1.165, 1.54) is 13.0 Å². The monoisotopic (exact) mass is 433 g/mol. The molecule has 0 aliphatic carbocycles. The summed E-state index contributed by atoms with van der Waals surface area (Å²) in [7, 11) is 0. The summed E-state index contributed by atoms with van der Waals surface area (Å²) in [5.41, 5.74) is 4.11. The fourth-order valence-electron chi connectivity index (χ4n) is 3.68. The van der Waals surface area contributed by atoms with Crippen LogP contribution >= 0.6 is 0 Å². The topological polar surface area (TPSA) is 99.8 Å². The summed E-state index contributed by atoms with van der Waals surface area (Å²) < 4.78 is 1.88. The molecule has 166 valence electrons. The number of hydrogen-bond donors (Lipinski definition) is 3. The molecule has 0 aliphatic rings. The predicted octanol–water partition coefficient (Wildman–Crippen LogP) is 4.01. The van der Waals surface area contributed by atoms with Crippen LogP contribution in [0.15, 0.2) is 72.8 Å². The van der Waals surface area contributed by atoms with Crippen LogP contribution in [-0.4, -0.2) is 43.8 Å². The second kappa shape index (κ2) is 10.7. The Kier molecular flexibility index (Phi) is 7.76. The van der Waals surface area contributed by atoms with E-state index in [0.717, 1.165) is 22.5 Å². The fraction of sp³-hybridized carbons (Fsp3) is 0.231. The Balaban J connectivity index is 2.02. The van der Waals surface area contributed by atoms with E-state index in [2.05, 4.69) is 0 Å². The van der Waals surface area contributed by atoms with Gasteiger partial charge in [0.1, 0.15) is 0 Å². The average molecular weight is 434 g/mol. The highest BCUT2D eigenvalue weighted by Crippen LogP contribution is 2.30. The largest absolute Gasteiger partial charge is 0.481 e. The van der Waals surface area contributed by atoms with Gasteiger partial charge >= 0.3 is 5.97 Å². The Bertz CT molecular complexity index is 1090. The Morgan fingerprint density at radius 2 is 1.62 bits per heavy atom. The van der Waals surface area contributed by atoms with Gasteiger partial charge in [0.15, 0.2) is 5.78 Å². The molecule has 3 N–H and O–H groups in total. The maximum atomic E-state index is 12.5. The lowest BCUT2D eigenvalue weighted by atomic mass is 10.1. The Labute approximate surface area is 187 Å². The number of aromatic nitrogens is 1. The molecule has 32 heavy (non-hydrogen) atoms. The summed E-state index contributed by atoms with van der Waals surface area (Å²) >= 11 is 0. The molecule has 0 aliphatic heterocycles. The third kappa shape index (κ3) is 6.03. The highest BCUT2D eigenvalue weighted by molar-refractivity contribution is 6.01. The first kappa shape index (κ1) is 23.2. The smallest absolute Gasteiger partial charge is 0.305 e. The fourth-order valence-corrected chi connectivity index (χ4v) is 3.68. The zero-order valence-electron chi connectivity index (χ0n) is 17.9. The molecule has 3 rings (SSSR count). The van der Waals surface area contributed by atoms with Crippen molar-refractivity contribution in [3.05, 3.63) is 89.6 Å². The van der Waals surface area contributed by atoms with E-state index in [0.29, 0.717) is 12.0 Å². The lowest BCUT2D eigenvalue weighted by Gasteiger charge is -2.13. The van der Waals surface area contributed by atoms with Crippen molar-refractivity contribution in [1.29, 1.82) is 0 Å². The highest BCUT2D eigenvalue weighted by Gasteiger charge is 2.19. The molecule has 2 atom stereocenters. The van der Waals surface area contributed by atoms with E-state index >= 15 is 0 Å². The minimum atomic E-state index is -1.15. The third-order valence-corrected chi connectivity index (χ3v) is 5.15. The van der Waals surface area contributed by atoms with E-state index in [4.69, 9.17) is 5.11 Å². The van der Waals surface area contributed by atoms with Gasteiger partial charge in [-0.05, 0) is 30.2 Å². The summed E-state index contributed by atoms with van der Waals surface area (Å²) in [5, 5.41) is 29.0. The van der Waals surface area contributed by atoms with Gasteiger partial charge in [-0.3, -0.25) is 9.59 Å². The molecular formula is C26H27NO5. The van der Waals surface area contributed by atoms with Crippen molar-refractivity contribution in [2.24, 2.45) is 0 Å². The van der Waals surface area contributed by atoms with Gasteiger partial charge in [-0.1, -0.05) is 60.7 Å².